The Labute approximate surface area is 73.2 Å². The number of hydrogen-bond acceptors (Lipinski definition) is 4. The quantitative estimate of drug-likeness (QED) is 0.705. The van der Waals surface area contributed by atoms with Gasteiger partial charge in [0.05, 0.1) is 13.2 Å². The summed E-state index contributed by atoms with van der Waals surface area (Å²) in [7, 11) is 0. The monoisotopic (exact) mass is 180 g/mol. The van der Waals surface area contributed by atoms with Gasteiger partial charge in [-0.05, 0) is 12.1 Å². The average Bonchev–Trinajstić information content (AvgIpc) is 2.44. The molecule has 2 heterocycles. The maximum Gasteiger partial charge on any atom is 0.421 e. The summed E-state index contributed by atoms with van der Waals surface area (Å²) in [6, 6.07) is 3.35. The zero-order valence-corrected chi connectivity index (χ0v) is 6.80. The van der Waals surface area contributed by atoms with E-state index in [4.69, 9.17) is 9.52 Å². The zero-order chi connectivity index (χ0) is 9.26. The van der Waals surface area contributed by atoms with Crippen molar-refractivity contribution < 1.29 is 9.52 Å². The molecule has 0 saturated carbocycles. The molecule has 2 aromatic heterocycles. The fourth-order valence-electron chi connectivity index (χ4n) is 1.20. The number of aliphatic hydroxyl groups is 1. The molecule has 0 bridgehead atoms. The van der Waals surface area contributed by atoms with Gasteiger partial charge < -0.3 is 9.52 Å². The first-order valence-electron chi connectivity index (χ1n) is 3.88. The molecule has 5 nitrogen and oxygen atoms in total. The predicted molar refractivity (Wildman–Crippen MR) is 45.4 cm³/mol. The highest BCUT2D eigenvalue weighted by atomic mass is 16.4. The summed E-state index contributed by atoms with van der Waals surface area (Å²) in [5.41, 5.74) is 0.919. The second-order valence-corrected chi connectivity index (χ2v) is 2.57. The molecule has 0 aliphatic carbocycles. The number of nitrogens with zero attached hydrogens (tertiary/aromatic N) is 2. The van der Waals surface area contributed by atoms with Gasteiger partial charge in [-0.2, -0.15) is 0 Å². The van der Waals surface area contributed by atoms with Gasteiger partial charge in [0.2, 0.25) is 0 Å². The van der Waals surface area contributed by atoms with Crippen LogP contribution < -0.4 is 5.76 Å². The normalized spacial score (nSPS) is 10.8. The molecule has 0 saturated heterocycles. The molecule has 2 rings (SSSR count). The van der Waals surface area contributed by atoms with Crippen LogP contribution in [0.5, 0.6) is 0 Å². The molecule has 0 spiro atoms. The third-order valence-electron chi connectivity index (χ3n) is 1.75. The van der Waals surface area contributed by atoms with Gasteiger partial charge in [0.15, 0.2) is 11.2 Å². The Balaban J connectivity index is 2.71. The van der Waals surface area contributed by atoms with Gasteiger partial charge in [0.1, 0.15) is 0 Å². The molecule has 0 aliphatic rings. The summed E-state index contributed by atoms with van der Waals surface area (Å²) >= 11 is 0. The lowest BCUT2D eigenvalue weighted by atomic mass is 10.4. The minimum Gasteiger partial charge on any atom is -0.406 e. The van der Waals surface area contributed by atoms with E-state index in [-0.39, 0.29) is 13.2 Å². The van der Waals surface area contributed by atoms with Crippen LogP contribution in [0.2, 0.25) is 0 Å². The Morgan fingerprint density at radius 1 is 1.62 bits per heavy atom. The molecule has 0 aromatic carbocycles. The lowest BCUT2D eigenvalue weighted by Gasteiger charge is -1.95. The average molecular weight is 180 g/mol. The molecule has 0 amide bonds. The van der Waals surface area contributed by atoms with Crippen LogP contribution in [0.1, 0.15) is 0 Å². The number of hydrogen-bond donors (Lipinski definition) is 1. The first-order valence-corrected chi connectivity index (χ1v) is 3.88. The number of aliphatic hydroxyl groups excluding tert-OH is 1. The molecule has 13 heavy (non-hydrogen) atoms. The molecule has 68 valence electrons. The summed E-state index contributed by atoms with van der Waals surface area (Å²) in [5, 5.41) is 8.69. The van der Waals surface area contributed by atoms with E-state index in [0.29, 0.717) is 11.2 Å². The van der Waals surface area contributed by atoms with Crippen molar-refractivity contribution in [3.8, 4) is 0 Å². The summed E-state index contributed by atoms with van der Waals surface area (Å²) in [5.74, 6) is -0.484. The Morgan fingerprint density at radius 3 is 3.23 bits per heavy atom. The number of oxazole rings is 1. The molecule has 0 fully saturated rings. The van der Waals surface area contributed by atoms with E-state index in [1.54, 1.807) is 18.3 Å². The molecule has 5 heteroatoms. The SMILES string of the molecule is O=c1oc2cccnc2n1CCO. The van der Waals surface area contributed by atoms with E-state index in [1.807, 2.05) is 0 Å². The van der Waals surface area contributed by atoms with Gasteiger partial charge >= 0.3 is 5.76 Å². The number of rotatable bonds is 2. The van der Waals surface area contributed by atoms with Crippen molar-refractivity contribution in [2.45, 2.75) is 6.54 Å². The van der Waals surface area contributed by atoms with E-state index in [2.05, 4.69) is 4.98 Å². The van der Waals surface area contributed by atoms with E-state index >= 15 is 0 Å². The topological polar surface area (TPSA) is 68.3 Å². The highest BCUT2D eigenvalue weighted by molar-refractivity contribution is 5.67. The second kappa shape index (κ2) is 3.02. The summed E-state index contributed by atoms with van der Waals surface area (Å²) in [6.45, 7) is 0.105. The van der Waals surface area contributed by atoms with Gasteiger partial charge in [-0.15, -0.1) is 0 Å². The second-order valence-electron chi connectivity index (χ2n) is 2.57. The Hall–Kier alpha value is -1.62. The van der Waals surface area contributed by atoms with Gasteiger partial charge in [-0.1, -0.05) is 0 Å². The van der Waals surface area contributed by atoms with Crippen molar-refractivity contribution in [1.29, 1.82) is 0 Å². The van der Waals surface area contributed by atoms with E-state index in [1.165, 1.54) is 4.57 Å². The van der Waals surface area contributed by atoms with E-state index < -0.39 is 5.76 Å². The van der Waals surface area contributed by atoms with Crippen LogP contribution in [-0.2, 0) is 6.54 Å². The molecule has 2 aromatic rings. The Morgan fingerprint density at radius 2 is 2.46 bits per heavy atom. The van der Waals surface area contributed by atoms with Crippen LogP contribution in [-0.4, -0.2) is 21.3 Å². The van der Waals surface area contributed by atoms with E-state index in [9.17, 15) is 4.79 Å². The minimum atomic E-state index is -0.484. The van der Waals surface area contributed by atoms with Crippen molar-refractivity contribution in [3.63, 3.8) is 0 Å². The van der Waals surface area contributed by atoms with Crippen molar-refractivity contribution in [2.75, 3.05) is 6.61 Å². The summed E-state index contributed by atoms with van der Waals surface area (Å²) in [6.07, 6.45) is 1.57. The highest BCUT2D eigenvalue weighted by Crippen LogP contribution is 2.07. The maximum absolute atomic E-state index is 11.2. The molecular formula is C8H8N2O3. The standard InChI is InChI=1S/C8H8N2O3/c11-5-4-10-7-6(13-8(10)12)2-1-3-9-7/h1-3,11H,4-5H2. The lowest BCUT2D eigenvalue weighted by molar-refractivity contribution is 0.272. The first-order chi connectivity index (χ1) is 6.33. The van der Waals surface area contributed by atoms with Crippen LogP contribution >= 0.6 is 0 Å². The van der Waals surface area contributed by atoms with Crippen molar-refractivity contribution >= 4 is 11.2 Å². The van der Waals surface area contributed by atoms with Crippen molar-refractivity contribution in [3.05, 3.63) is 28.9 Å². The molecule has 0 radical (unpaired) electrons. The number of fused-ring (bicyclic) bond motifs is 1. The van der Waals surface area contributed by atoms with Crippen LogP contribution in [0.4, 0.5) is 0 Å². The fraction of sp³-hybridized carbons (Fsp3) is 0.250. The largest absolute Gasteiger partial charge is 0.421 e. The molecule has 0 atom stereocenters. The highest BCUT2D eigenvalue weighted by Gasteiger charge is 2.07. The third-order valence-corrected chi connectivity index (χ3v) is 1.75. The van der Waals surface area contributed by atoms with Crippen LogP contribution in [0.25, 0.3) is 11.2 Å². The van der Waals surface area contributed by atoms with E-state index in [0.717, 1.165) is 0 Å². The van der Waals surface area contributed by atoms with Gasteiger partial charge in [0, 0.05) is 6.20 Å². The van der Waals surface area contributed by atoms with Crippen molar-refractivity contribution in [2.24, 2.45) is 0 Å². The summed E-state index contributed by atoms with van der Waals surface area (Å²) < 4.78 is 6.19. The van der Waals surface area contributed by atoms with Crippen LogP contribution in [0.3, 0.4) is 0 Å². The van der Waals surface area contributed by atoms with Crippen LogP contribution in [0, 0.1) is 0 Å². The minimum absolute atomic E-state index is 0.106. The van der Waals surface area contributed by atoms with Crippen LogP contribution in [0.15, 0.2) is 27.5 Å². The van der Waals surface area contributed by atoms with Crippen molar-refractivity contribution in [1.82, 2.24) is 9.55 Å². The Bertz CT molecular complexity index is 471. The third kappa shape index (κ3) is 1.23. The molecule has 1 N–H and O–H groups in total. The van der Waals surface area contributed by atoms with Gasteiger partial charge in [-0.25, -0.2) is 9.78 Å². The lowest BCUT2D eigenvalue weighted by Crippen LogP contribution is -2.16. The fourth-order valence-corrected chi connectivity index (χ4v) is 1.20. The smallest absolute Gasteiger partial charge is 0.406 e. The number of pyridine rings is 1. The first kappa shape index (κ1) is 8.00. The molecule has 0 unspecified atom stereocenters. The van der Waals surface area contributed by atoms with Gasteiger partial charge in [-0.3, -0.25) is 4.57 Å². The molecule has 0 aliphatic heterocycles. The maximum atomic E-state index is 11.2. The summed E-state index contributed by atoms with van der Waals surface area (Å²) in [4.78, 5) is 15.2. The number of aromatic nitrogens is 2. The molecular weight excluding hydrogens is 172 g/mol. The zero-order valence-electron chi connectivity index (χ0n) is 6.80. The van der Waals surface area contributed by atoms with Gasteiger partial charge in [0.25, 0.3) is 0 Å². The predicted octanol–water partition coefficient (Wildman–Crippen LogP) is -0.0182. The Kier molecular flexibility index (Phi) is 1.86.